The summed E-state index contributed by atoms with van der Waals surface area (Å²) in [6, 6.07) is 3.88. The van der Waals surface area contributed by atoms with Gasteiger partial charge in [-0.25, -0.2) is 0 Å². The number of aryl methyl sites for hydroxylation is 1. The van der Waals surface area contributed by atoms with E-state index in [1.54, 1.807) is 6.20 Å². The number of pyridine rings is 1. The van der Waals surface area contributed by atoms with Gasteiger partial charge in [0.05, 0.1) is 11.6 Å². The second-order valence-corrected chi connectivity index (χ2v) is 7.22. The van der Waals surface area contributed by atoms with E-state index < -0.39 is 0 Å². The van der Waals surface area contributed by atoms with E-state index in [0.717, 1.165) is 17.7 Å². The molecule has 0 N–H and O–H groups in total. The minimum absolute atomic E-state index is 0.00922. The van der Waals surface area contributed by atoms with Crippen LogP contribution in [0.2, 0.25) is 0 Å². The normalized spacial score (nSPS) is 24.0. The number of nitrogens with zero attached hydrogens (tertiary/aromatic N) is 2. The summed E-state index contributed by atoms with van der Waals surface area (Å²) in [5, 5.41) is 0. The summed E-state index contributed by atoms with van der Waals surface area (Å²) in [5.74, 6) is -0.234. The van der Waals surface area contributed by atoms with Crippen molar-refractivity contribution in [2.75, 3.05) is 7.05 Å². The number of ether oxygens (including phenoxy) is 1. The molecule has 0 aromatic carbocycles. The molecule has 0 bridgehead atoms. The average molecular weight is 290 g/mol. The molecule has 0 radical (unpaired) electrons. The zero-order valence-electron chi connectivity index (χ0n) is 13.9. The average Bonchev–Trinajstić information content (AvgIpc) is 2.58. The summed E-state index contributed by atoms with van der Waals surface area (Å²) in [4.78, 5) is 19.0. The van der Waals surface area contributed by atoms with Gasteiger partial charge in [-0.2, -0.15) is 0 Å². The van der Waals surface area contributed by atoms with Crippen molar-refractivity contribution < 1.29 is 9.53 Å². The molecule has 1 aliphatic rings. The van der Waals surface area contributed by atoms with Gasteiger partial charge in [-0.1, -0.05) is 6.07 Å². The smallest absolute Gasteiger partial charge is 0.311 e. The van der Waals surface area contributed by atoms with Gasteiger partial charge in [-0.15, -0.1) is 0 Å². The maximum atomic E-state index is 12.5. The highest BCUT2D eigenvalue weighted by molar-refractivity contribution is 5.74. The van der Waals surface area contributed by atoms with E-state index in [2.05, 4.69) is 44.6 Å². The van der Waals surface area contributed by atoms with Crippen LogP contribution in [0.4, 0.5) is 0 Å². The van der Waals surface area contributed by atoms with Gasteiger partial charge in [0, 0.05) is 17.3 Å². The third kappa shape index (κ3) is 3.10. The maximum Gasteiger partial charge on any atom is 0.311 e. The van der Waals surface area contributed by atoms with Crippen LogP contribution in [0, 0.1) is 12.8 Å². The molecule has 1 aromatic rings. The highest BCUT2D eigenvalue weighted by Gasteiger charge is 2.52. The lowest BCUT2D eigenvalue weighted by molar-refractivity contribution is -0.152. The molecule has 0 aliphatic carbocycles. The Balaban J connectivity index is 2.02. The first-order chi connectivity index (χ1) is 9.64. The third-order valence-corrected chi connectivity index (χ3v) is 4.95. The lowest BCUT2D eigenvalue weighted by Crippen LogP contribution is -2.48. The van der Waals surface area contributed by atoms with E-state index >= 15 is 0 Å². The number of rotatable bonds is 3. The molecular formula is C17H26N2O2. The molecule has 0 amide bonds. The monoisotopic (exact) mass is 290 g/mol. The van der Waals surface area contributed by atoms with Crippen LogP contribution in [0.5, 0.6) is 0 Å². The Morgan fingerprint density at radius 2 is 2.05 bits per heavy atom. The highest BCUT2D eigenvalue weighted by Crippen LogP contribution is 2.44. The van der Waals surface area contributed by atoms with Crippen molar-refractivity contribution in [1.82, 2.24) is 9.88 Å². The summed E-state index contributed by atoms with van der Waals surface area (Å²) >= 11 is 0. The Labute approximate surface area is 127 Å². The molecule has 1 atom stereocenters. The Morgan fingerprint density at radius 1 is 1.38 bits per heavy atom. The minimum Gasteiger partial charge on any atom is -0.459 e. The second-order valence-electron chi connectivity index (χ2n) is 7.22. The molecule has 2 rings (SSSR count). The van der Waals surface area contributed by atoms with Crippen LogP contribution in [0.15, 0.2) is 18.3 Å². The predicted molar refractivity (Wildman–Crippen MR) is 82.8 cm³/mol. The molecule has 2 heterocycles. The SMILES string of the molecule is Cc1ccc(COC(=O)C2CC(C)(C)N(C)C2(C)C)nc1. The fourth-order valence-corrected chi connectivity index (χ4v) is 3.10. The van der Waals surface area contributed by atoms with E-state index in [1.807, 2.05) is 19.1 Å². The first-order valence-electron chi connectivity index (χ1n) is 7.47. The number of hydrogen-bond donors (Lipinski definition) is 0. The lowest BCUT2D eigenvalue weighted by atomic mass is 9.87. The molecule has 21 heavy (non-hydrogen) atoms. The summed E-state index contributed by atoms with van der Waals surface area (Å²) in [6.07, 6.45) is 2.61. The number of carbonyl (C=O) groups is 1. The Kier molecular flexibility index (Phi) is 4.11. The van der Waals surface area contributed by atoms with Crippen molar-refractivity contribution in [3.05, 3.63) is 29.6 Å². The van der Waals surface area contributed by atoms with Crippen molar-refractivity contribution in [3.8, 4) is 0 Å². The van der Waals surface area contributed by atoms with Crippen molar-refractivity contribution in [2.24, 2.45) is 5.92 Å². The number of carbonyl (C=O) groups excluding carboxylic acids is 1. The van der Waals surface area contributed by atoms with Gasteiger partial charge >= 0.3 is 5.97 Å². The van der Waals surface area contributed by atoms with Crippen LogP contribution in [0.25, 0.3) is 0 Å². The molecule has 4 heteroatoms. The maximum absolute atomic E-state index is 12.5. The molecule has 1 aliphatic heterocycles. The Hall–Kier alpha value is -1.42. The van der Waals surface area contributed by atoms with Crippen LogP contribution in [-0.2, 0) is 16.1 Å². The summed E-state index contributed by atoms with van der Waals surface area (Å²) in [7, 11) is 2.08. The highest BCUT2D eigenvalue weighted by atomic mass is 16.5. The van der Waals surface area contributed by atoms with Crippen LogP contribution >= 0.6 is 0 Å². The summed E-state index contributed by atoms with van der Waals surface area (Å²) < 4.78 is 5.50. The Bertz CT molecular complexity index is 520. The molecule has 1 fully saturated rings. The molecular weight excluding hydrogens is 264 g/mol. The van der Waals surface area contributed by atoms with Crippen molar-refractivity contribution in [2.45, 2.75) is 58.7 Å². The van der Waals surface area contributed by atoms with E-state index in [-0.39, 0.29) is 29.6 Å². The van der Waals surface area contributed by atoms with Gasteiger partial charge in [0.25, 0.3) is 0 Å². The van der Waals surface area contributed by atoms with E-state index in [9.17, 15) is 4.79 Å². The van der Waals surface area contributed by atoms with Crippen LogP contribution in [0.1, 0.15) is 45.4 Å². The molecule has 1 unspecified atom stereocenters. The first-order valence-corrected chi connectivity index (χ1v) is 7.47. The molecule has 116 valence electrons. The second kappa shape index (κ2) is 5.41. The number of aromatic nitrogens is 1. The number of hydrogen-bond acceptors (Lipinski definition) is 4. The molecule has 0 saturated carbocycles. The van der Waals surface area contributed by atoms with Crippen LogP contribution in [0.3, 0.4) is 0 Å². The molecule has 1 aromatic heterocycles. The van der Waals surface area contributed by atoms with Gasteiger partial charge in [-0.3, -0.25) is 14.7 Å². The fraction of sp³-hybridized carbons (Fsp3) is 0.647. The zero-order valence-corrected chi connectivity index (χ0v) is 13.9. The van der Waals surface area contributed by atoms with Crippen molar-refractivity contribution in [1.29, 1.82) is 0 Å². The molecule has 1 saturated heterocycles. The zero-order chi connectivity index (χ0) is 15.8. The third-order valence-electron chi connectivity index (χ3n) is 4.95. The fourth-order valence-electron chi connectivity index (χ4n) is 3.10. The van der Waals surface area contributed by atoms with Gasteiger partial charge in [0.1, 0.15) is 6.61 Å². The van der Waals surface area contributed by atoms with Gasteiger partial charge in [-0.05, 0) is 59.7 Å². The molecule has 4 nitrogen and oxygen atoms in total. The number of esters is 1. The minimum atomic E-state index is -0.193. The number of likely N-dealkylation sites (tertiary alicyclic amines) is 1. The van der Waals surface area contributed by atoms with E-state index in [4.69, 9.17) is 4.74 Å². The predicted octanol–water partition coefficient (Wildman–Crippen LogP) is 2.94. The van der Waals surface area contributed by atoms with E-state index in [0.29, 0.717) is 0 Å². The van der Waals surface area contributed by atoms with Crippen molar-refractivity contribution in [3.63, 3.8) is 0 Å². The van der Waals surface area contributed by atoms with Crippen molar-refractivity contribution >= 4 is 5.97 Å². The lowest BCUT2D eigenvalue weighted by Gasteiger charge is -2.37. The first kappa shape index (κ1) is 16.0. The van der Waals surface area contributed by atoms with E-state index in [1.165, 1.54) is 0 Å². The Morgan fingerprint density at radius 3 is 2.52 bits per heavy atom. The largest absolute Gasteiger partial charge is 0.459 e. The summed E-state index contributed by atoms with van der Waals surface area (Å²) in [5.41, 5.74) is 1.71. The van der Waals surface area contributed by atoms with Gasteiger partial charge in [0.2, 0.25) is 0 Å². The van der Waals surface area contributed by atoms with Gasteiger partial charge in [0.15, 0.2) is 0 Å². The quantitative estimate of drug-likeness (QED) is 0.803. The standard InChI is InChI=1S/C17H26N2O2/c1-12-7-8-13(18-10-12)11-21-15(20)14-9-16(2,3)19(6)17(14,4)5/h7-8,10,14H,9,11H2,1-6H3. The topological polar surface area (TPSA) is 42.4 Å². The van der Waals surface area contributed by atoms with Crippen LogP contribution < -0.4 is 0 Å². The summed E-state index contributed by atoms with van der Waals surface area (Å²) in [6.45, 7) is 10.8. The van der Waals surface area contributed by atoms with Gasteiger partial charge < -0.3 is 4.74 Å². The molecule has 0 spiro atoms. The van der Waals surface area contributed by atoms with Crippen LogP contribution in [-0.4, -0.2) is 34.0 Å².